The molecule has 1 amide bonds. The largest absolute Gasteiger partial charge is 0.467 e. The van der Waals surface area contributed by atoms with Gasteiger partial charge in [0.05, 0.1) is 42.9 Å². The normalized spacial score (nSPS) is 11.0. The molecule has 0 fully saturated rings. The number of benzene rings is 1. The Morgan fingerprint density at radius 3 is 2.10 bits per heavy atom. The van der Waals surface area contributed by atoms with Gasteiger partial charge in [-0.2, -0.15) is 0 Å². The molecule has 0 atom stereocenters. The van der Waals surface area contributed by atoms with E-state index < -0.39 is 0 Å². The number of aromatic nitrogens is 2. The number of carbonyl (C=O) groups is 1. The van der Waals surface area contributed by atoms with E-state index in [1.54, 1.807) is 66.0 Å². The Hall–Kier alpha value is -3.81. The lowest BCUT2D eigenvalue weighted by atomic mass is 10.2. The third kappa shape index (κ3) is 4.06. The monoisotopic (exact) mass is 393 g/mol. The van der Waals surface area contributed by atoms with Crippen molar-refractivity contribution >= 4 is 16.7 Å². The molecule has 3 heterocycles. The minimum absolute atomic E-state index is 0.0373. The molecule has 4 rings (SSSR count). The van der Waals surface area contributed by atoms with Crippen LogP contribution in [0.2, 0.25) is 0 Å². The summed E-state index contributed by atoms with van der Waals surface area (Å²) < 4.78 is 11.9. The Labute approximate surface area is 165 Å². The smallest absolute Gasteiger partial charge is 0.273 e. The van der Waals surface area contributed by atoms with Gasteiger partial charge in [0.2, 0.25) is 5.91 Å². The molecule has 0 aliphatic carbocycles. The van der Waals surface area contributed by atoms with E-state index in [2.05, 4.69) is 5.10 Å². The van der Waals surface area contributed by atoms with Gasteiger partial charge in [-0.1, -0.05) is 12.1 Å². The van der Waals surface area contributed by atoms with Crippen molar-refractivity contribution in [2.45, 2.75) is 26.1 Å². The summed E-state index contributed by atoms with van der Waals surface area (Å²) in [5, 5.41) is 3.20. The molecule has 29 heavy (non-hydrogen) atoms. The van der Waals surface area contributed by atoms with Gasteiger partial charge < -0.3 is 13.7 Å². The lowest BCUT2D eigenvalue weighted by molar-refractivity contribution is -0.133. The van der Waals surface area contributed by atoms with Gasteiger partial charge in [0.25, 0.3) is 11.1 Å². The number of hydrogen-bond acceptors (Lipinski definition) is 5. The average molecular weight is 393 g/mol. The molecule has 8 heteroatoms. The second-order valence-electron chi connectivity index (χ2n) is 6.60. The van der Waals surface area contributed by atoms with Gasteiger partial charge in [-0.25, -0.2) is 4.68 Å². The summed E-state index contributed by atoms with van der Waals surface area (Å²) in [6.07, 6.45) is 3.13. The van der Waals surface area contributed by atoms with Gasteiger partial charge in [-0.05, 0) is 36.4 Å². The third-order valence-electron chi connectivity index (χ3n) is 4.64. The van der Waals surface area contributed by atoms with Crippen molar-refractivity contribution in [2.24, 2.45) is 0 Å². The van der Waals surface area contributed by atoms with Gasteiger partial charge in [-0.3, -0.25) is 19.5 Å². The van der Waals surface area contributed by atoms with Crippen LogP contribution in [0.3, 0.4) is 0 Å². The standard InChI is InChI=1S/C21H19N3O5/c25-19(23(13-15-5-3-11-28-15)14-16-6-4-12-29-16)9-10-24-21(27)18-8-2-1-7-17(18)20(26)22-24/h1-8,11-12H,9-10,13-14H2,(H,22,26). The first-order valence-corrected chi connectivity index (χ1v) is 9.16. The third-order valence-corrected chi connectivity index (χ3v) is 4.64. The predicted octanol–water partition coefficient (Wildman–Crippen LogP) is 2.49. The Morgan fingerprint density at radius 2 is 1.52 bits per heavy atom. The highest BCUT2D eigenvalue weighted by Gasteiger charge is 2.18. The topological polar surface area (TPSA) is 101 Å². The lowest BCUT2D eigenvalue weighted by Gasteiger charge is -2.21. The molecule has 0 bridgehead atoms. The summed E-state index contributed by atoms with van der Waals surface area (Å²) in [6, 6.07) is 13.7. The lowest BCUT2D eigenvalue weighted by Crippen LogP contribution is -2.34. The maximum atomic E-state index is 12.9. The molecule has 3 aromatic heterocycles. The number of aryl methyl sites for hydroxylation is 1. The summed E-state index contributed by atoms with van der Waals surface area (Å²) in [4.78, 5) is 39.3. The molecule has 0 saturated heterocycles. The molecule has 4 aromatic rings. The number of rotatable bonds is 7. The number of carbonyl (C=O) groups excluding carboxylic acids is 1. The van der Waals surface area contributed by atoms with Crippen molar-refractivity contribution in [1.82, 2.24) is 14.7 Å². The molecule has 1 aromatic carbocycles. The van der Waals surface area contributed by atoms with Gasteiger partial charge in [0, 0.05) is 6.42 Å². The fourth-order valence-electron chi connectivity index (χ4n) is 3.18. The molecule has 1 N–H and O–H groups in total. The maximum Gasteiger partial charge on any atom is 0.273 e. The van der Waals surface area contributed by atoms with Crippen LogP contribution in [0.5, 0.6) is 0 Å². The maximum absolute atomic E-state index is 12.9. The average Bonchev–Trinajstić information content (AvgIpc) is 3.43. The summed E-state index contributed by atoms with van der Waals surface area (Å²) >= 11 is 0. The Kier molecular flexibility index (Phi) is 5.15. The number of H-pyrrole nitrogens is 1. The predicted molar refractivity (Wildman–Crippen MR) is 105 cm³/mol. The zero-order valence-corrected chi connectivity index (χ0v) is 15.5. The van der Waals surface area contributed by atoms with Crippen LogP contribution < -0.4 is 11.1 Å². The van der Waals surface area contributed by atoms with E-state index in [1.165, 1.54) is 4.68 Å². The molecular formula is C21H19N3O5. The molecule has 0 aliphatic heterocycles. The van der Waals surface area contributed by atoms with E-state index in [0.717, 1.165) is 0 Å². The first-order chi connectivity index (χ1) is 14.1. The van der Waals surface area contributed by atoms with E-state index >= 15 is 0 Å². The number of fused-ring (bicyclic) bond motifs is 1. The molecule has 8 nitrogen and oxygen atoms in total. The van der Waals surface area contributed by atoms with Crippen molar-refractivity contribution in [1.29, 1.82) is 0 Å². The van der Waals surface area contributed by atoms with Crippen LogP contribution >= 0.6 is 0 Å². The van der Waals surface area contributed by atoms with E-state index in [4.69, 9.17) is 8.83 Å². The Balaban J connectivity index is 1.53. The number of aromatic amines is 1. The van der Waals surface area contributed by atoms with Crippen LogP contribution in [0.4, 0.5) is 0 Å². The second kappa shape index (κ2) is 8.05. The summed E-state index contributed by atoms with van der Waals surface area (Å²) in [7, 11) is 0. The number of nitrogens with zero attached hydrogens (tertiary/aromatic N) is 2. The van der Waals surface area contributed by atoms with Crippen molar-refractivity contribution < 1.29 is 13.6 Å². The minimum Gasteiger partial charge on any atom is -0.467 e. The fraction of sp³-hybridized carbons (Fsp3) is 0.190. The van der Waals surface area contributed by atoms with Crippen LogP contribution in [-0.2, 0) is 24.4 Å². The minimum atomic E-state index is -0.365. The van der Waals surface area contributed by atoms with Crippen LogP contribution in [0.25, 0.3) is 10.8 Å². The summed E-state index contributed by atoms with van der Waals surface area (Å²) in [5.74, 6) is 1.08. The molecule has 0 aliphatic rings. The van der Waals surface area contributed by atoms with Gasteiger partial charge in [0.1, 0.15) is 11.5 Å². The van der Waals surface area contributed by atoms with E-state index in [1.807, 2.05) is 0 Å². The van der Waals surface area contributed by atoms with E-state index in [9.17, 15) is 14.4 Å². The number of furan rings is 2. The van der Waals surface area contributed by atoms with Gasteiger partial charge in [0.15, 0.2) is 0 Å². The van der Waals surface area contributed by atoms with Crippen molar-refractivity contribution in [3.8, 4) is 0 Å². The quantitative estimate of drug-likeness (QED) is 0.520. The molecule has 0 radical (unpaired) electrons. The number of hydrogen-bond donors (Lipinski definition) is 1. The summed E-state index contributed by atoms with van der Waals surface area (Å²) in [6.45, 7) is 0.607. The molecule has 148 valence electrons. The highest BCUT2D eigenvalue weighted by atomic mass is 16.3. The number of nitrogens with one attached hydrogen (secondary N) is 1. The molecular weight excluding hydrogens is 374 g/mol. The second-order valence-corrected chi connectivity index (χ2v) is 6.60. The van der Waals surface area contributed by atoms with Crippen LogP contribution in [0, 0.1) is 0 Å². The summed E-state index contributed by atoms with van der Waals surface area (Å²) in [5.41, 5.74) is -0.702. The van der Waals surface area contributed by atoms with Crippen molar-refractivity contribution in [2.75, 3.05) is 0 Å². The van der Waals surface area contributed by atoms with E-state index in [0.29, 0.717) is 22.3 Å². The zero-order chi connectivity index (χ0) is 20.2. The SMILES string of the molecule is O=C(CCn1[nH]c(=O)c2ccccc2c1=O)N(Cc1ccco1)Cc1ccco1. The molecule has 0 spiro atoms. The molecule has 0 unspecified atom stereocenters. The van der Waals surface area contributed by atoms with Crippen molar-refractivity contribution in [3.63, 3.8) is 0 Å². The zero-order valence-electron chi connectivity index (χ0n) is 15.5. The molecule has 0 saturated carbocycles. The van der Waals surface area contributed by atoms with Gasteiger partial charge >= 0.3 is 0 Å². The first kappa shape index (κ1) is 18.5. The van der Waals surface area contributed by atoms with Crippen molar-refractivity contribution in [3.05, 3.63) is 93.3 Å². The highest BCUT2D eigenvalue weighted by molar-refractivity contribution is 5.80. The fourth-order valence-corrected chi connectivity index (χ4v) is 3.18. The van der Waals surface area contributed by atoms with E-state index in [-0.39, 0.29) is 43.1 Å². The number of amides is 1. The van der Waals surface area contributed by atoms with Crippen LogP contribution in [-0.4, -0.2) is 20.6 Å². The first-order valence-electron chi connectivity index (χ1n) is 9.16. The van der Waals surface area contributed by atoms with Gasteiger partial charge in [-0.15, -0.1) is 0 Å². The Bertz CT molecular complexity index is 1180. The Morgan fingerprint density at radius 1 is 0.897 bits per heavy atom. The van der Waals surface area contributed by atoms with Crippen LogP contribution in [0.15, 0.2) is 79.5 Å². The van der Waals surface area contributed by atoms with Crippen LogP contribution in [0.1, 0.15) is 17.9 Å². The highest BCUT2D eigenvalue weighted by Crippen LogP contribution is 2.13.